The van der Waals surface area contributed by atoms with Gasteiger partial charge in [0.25, 0.3) is 0 Å². The van der Waals surface area contributed by atoms with Gasteiger partial charge in [-0.25, -0.2) is 9.78 Å². The van der Waals surface area contributed by atoms with Gasteiger partial charge in [-0.05, 0) is 31.4 Å². The Bertz CT molecular complexity index is 607. The van der Waals surface area contributed by atoms with Gasteiger partial charge in [-0.3, -0.25) is 4.79 Å². The topological polar surface area (TPSA) is 85.8 Å². The second-order valence-corrected chi connectivity index (χ2v) is 6.17. The van der Waals surface area contributed by atoms with Gasteiger partial charge in [0, 0.05) is 39.1 Å². The van der Waals surface area contributed by atoms with Crippen molar-refractivity contribution in [1.82, 2.24) is 9.88 Å². The number of piperazine rings is 1. The zero-order valence-electron chi connectivity index (χ0n) is 13.3. The maximum absolute atomic E-state index is 11.4. The Morgan fingerprint density at radius 1 is 1.22 bits per heavy atom. The minimum atomic E-state index is -0.951. The first-order valence-electron chi connectivity index (χ1n) is 8.05. The fourth-order valence-electron chi connectivity index (χ4n) is 2.89. The molecule has 0 spiro atoms. The van der Waals surface area contributed by atoms with Crippen molar-refractivity contribution in [1.29, 1.82) is 0 Å². The summed E-state index contributed by atoms with van der Waals surface area (Å²) in [6.45, 7) is 4.18. The van der Waals surface area contributed by atoms with Crippen LogP contribution in [0.1, 0.15) is 36.5 Å². The van der Waals surface area contributed by atoms with Crippen LogP contribution in [0.15, 0.2) is 12.1 Å². The molecular formula is C16H22N4O3. The van der Waals surface area contributed by atoms with E-state index >= 15 is 0 Å². The molecule has 0 aromatic carbocycles. The van der Waals surface area contributed by atoms with Crippen LogP contribution in [0.25, 0.3) is 0 Å². The molecule has 0 bridgehead atoms. The smallest absolute Gasteiger partial charge is 0.335 e. The fraction of sp³-hybridized carbons (Fsp3) is 0.562. The summed E-state index contributed by atoms with van der Waals surface area (Å²) in [6, 6.07) is 3.60. The van der Waals surface area contributed by atoms with Crippen LogP contribution < -0.4 is 10.2 Å². The minimum absolute atomic E-state index is 0.0734. The number of carboxylic acid groups (broad SMARTS) is 1. The van der Waals surface area contributed by atoms with Crippen LogP contribution in [-0.2, 0) is 4.79 Å². The van der Waals surface area contributed by atoms with E-state index in [0.29, 0.717) is 43.9 Å². The lowest BCUT2D eigenvalue weighted by Gasteiger charge is -2.35. The van der Waals surface area contributed by atoms with E-state index < -0.39 is 5.97 Å². The highest BCUT2D eigenvalue weighted by Gasteiger charge is 2.22. The van der Waals surface area contributed by atoms with Gasteiger partial charge >= 0.3 is 5.97 Å². The average Bonchev–Trinajstić information content (AvgIpc) is 2.50. The van der Waals surface area contributed by atoms with E-state index in [1.807, 2.05) is 4.90 Å². The monoisotopic (exact) mass is 318 g/mol. The molecule has 0 atom stereocenters. The van der Waals surface area contributed by atoms with Gasteiger partial charge in [-0.2, -0.15) is 0 Å². The van der Waals surface area contributed by atoms with Crippen LogP contribution in [-0.4, -0.2) is 59.1 Å². The largest absolute Gasteiger partial charge is 0.478 e. The third kappa shape index (κ3) is 3.55. The number of carbonyl (C=O) groups excluding carboxylic acids is 1. The summed E-state index contributed by atoms with van der Waals surface area (Å²) in [5, 5.41) is 12.6. The molecule has 2 aliphatic rings. The Kier molecular flexibility index (Phi) is 4.36. The van der Waals surface area contributed by atoms with Gasteiger partial charge in [-0.15, -0.1) is 0 Å². The number of nitrogens with one attached hydrogen (secondary N) is 1. The first-order chi connectivity index (χ1) is 11.0. The van der Waals surface area contributed by atoms with E-state index in [9.17, 15) is 14.7 Å². The summed E-state index contributed by atoms with van der Waals surface area (Å²) in [5.74, 6) is 0.408. The van der Waals surface area contributed by atoms with Crippen molar-refractivity contribution >= 4 is 23.5 Å². The Balaban J connectivity index is 1.77. The zero-order chi connectivity index (χ0) is 16.4. The molecule has 23 heavy (non-hydrogen) atoms. The van der Waals surface area contributed by atoms with Gasteiger partial charge in [0.05, 0.1) is 5.56 Å². The summed E-state index contributed by atoms with van der Waals surface area (Å²) in [7, 11) is 0. The number of nitrogens with zero attached hydrogens (tertiary/aromatic N) is 3. The molecular weight excluding hydrogens is 296 g/mol. The summed E-state index contributed by atoms with van der Waals surface area (Å²) < 4.78 is 0. The summed E-state index contributed by atoms with van der Waals surface area (Å²) in [6.07, 6.45) is 3.41. The second-order valence-electron chi connectivity index (χ2n) is 6.17. The van der Waals surface area contributed by atoms with E-state index in [-0.39, 0.29) is 11.5 Å². The van der Waals surface area contributed by atoms with Gasteiger partial charge in [0.2, 0.25) is 5.91 Å². The molecule has 3 rings (SSSR count). The molecule has 2 heterocycles. The molecule has 0 radical (unpaired) electrons. The molecule has 1 amide bonds. The Labute approximate surface area is 135 Å². The van der Waals surface area contributed by atoms with Gasteiger partial charge in [-0.1, -0.05) is 0 Å². The molecule has 1 saturated carbocycles. The number of carboxylic acids is 1. The maximum atomic E-state index is 11.4. The molecule has 1 saturated heterocycles. The predicted octanol–water partition coefficient (Wildman–Crippen LogP) is 1.41. The maximum Gasteiger partial charge on any atom is 0.335 e. The molecule has 1 aliphatic heterocycles. The van der Waals surface area contributed by atoms with E-state index in [4.69, 9.17) is 0 Å². The number of hydrogen-bond donors (Lipinski definition) is 2. The average molecular weight is 318 g/mol. The van der Waals surface area contributed by atoms with E-state index in [2.05, 4.69) is 10.3 Å². The number of rotatable bonds is 4. The number of anilines is 2. The van der Waals surface area contributed by atoms with Crippen LogP contribution in [0, 0.1) is 0 Å². The van der Waals surface area contributed by atoms with Gasteiger partial charge < -0.3 is 20.2 Å². The van der Waals surface area contributed by atoms with Crippen LogP contribution in [0.2, 0.25) is 0 Å². The van der Waals surface area contributed by atoms with Crippen LogP contribution in [0.4, 0.5) is 11.6 Å². The van der Waals surface area contributed by atoms with Crippen LogP contribution in [0.3, 0.4) is 0 Å². The molecule has 2 fully saturated rings. The van der Waals surface area contributed by atoms with Crippen molar-refractivity contribution in [3.05, 3.63) is 17.7 Å². The van der Waals surface area contributed by atoms with Crippen molar-refractivity contribution in [2.24, 2.45) is 0 Å². The number of aromatic carboxylic acids is 1. The second kappa shape index (κ2) is 6.44. The standard InChI is InChI=1S/C16H22N4O3/c1-11(21)19-5-7-20(8-6-19)15-10-12(16(22)23)9-14(18-15)17-13-3-2-4-13/h9-10,13H,2-8H2,1H3,(H,17,18)(H,22,23). The van der Waals surface area contributed by atoms with Crippen molar-refractivity contribution in [2.75, 3.05) is 36.4 Å². The van der Waals surface area contributed by atoms with E-state index in [1.165, 1.54) is 6.42 Å². The SMILES string of the molecule is CC(=O)N1CCN(c2cc(C(=O)O)cc(NC3CCC3)n2)CC1. The molecule has 124 valence electrons. The van der Waals surface area contributed by atoms with Gasteiger partial charge in [0.1, 0.15) is 11.6 Å². The minimum Gasteiger partial charge on any atom is -0.478 e. The van der Waals surface area contributed by atoms with Crippen molar-refractivity contribution in [3.63, 3.8) is 0 Å². The highest BCUT2D eigenvalue weighted by molar-refractivity contribution is 5.89. The van der Waals surface area contributed by atoms with E-state index in [0.717, 1.165) is 12.8 Å². The Morgan fingerprint density at radius 2 is 1.91 bits per heavy atom. The lowest BCUT2D eigenvalue weighted by molar-refractivity contribution is -0.129. The molecule has 0 unspecified atom stereocenters. The number of carbonyl (C=O) groups is 2. The molecule has 2 N–H and O–H groups in total. The van der Waals surface area contributed by atoms with Crippen LogP contribution >= 0.6 is 0 Å². The Morgan fingerprint density at radius 3 is 2.43 bits per heavy atom. The third-order valence-electron chi connectivity index (χ3n) is 4.56. The number of amides is 1. The number of pyridine rings is 1. The summed E-state index contributed by atoms with van der Waals surface area (Å²) >= 11 is 0. The zero-order valence-corrected chi connectivity index (χ0v) is 13.3. The number of aromatic nitrogens is 1. The third-order valence-corrected chi connectivity index (χ3v) is 4.56. The van der Waals surface area contributed by atoms with Crippen molar-refractivity contribution in [3.8, 4) is 0 Å². The van der Waals surface area contributed by atoms with E-state index in [1.54, 1.807) is 24.0 Å². The summed E-state index contributed by atoms with van der Waals surface area (Å²) in [4.78, 5) is 31.2. The molecule has 1 aromatic heterocycles. The first-order valence-corrected chi connectivity index (χ1v) is 8.05. The molecule has 1 aromatic rings. The Hall–Kier alpha value is -2.31. The summed E-state index contributed by atoms with van der Waals surface area (Å²) in [5.41, 5.74) is 0.242. The molecule has 7 heteroatoms. The van der Waals surface area contributed by atoms with Crippen LogP contribution in [0.5, 0.6) is 0 Å². The number of hydrogen-bond acceptors (Lipinski definition) is 5. The van der Waals surface area contributed by atoms with Gasteiger partial charge in [0.15, 0.2) is 0 Å². The fourth-order valence-corrected chi connectivity index (χ4v) is 2.89. The highest BCUT2D eigenvalue weighted by Crippen LogP contribution is 2.25. The van der Waals surface area contributed by atoms with Crippen molar-refractivity contribution in [2.45, 2.75) is 32.2 Å². The normalized spacial score (nSPS) is 18.5. The lowest BCUT2D eigenvalue weighted by atomic mass is 9.93. The molecule has 7 nitrogen and oxygen atoms in total. The molecule has 1 aliphatic carbocycles. The highest BCUT2D eigenvalue weighted by atomic mass is 16.4. The quantitative estimate of drug-likeness (QED) is 0.873. The van der Waals surface area contributed by atoms with Crippen molar-refractivity contribution < 1.29 is 14.7 Å². The predicted molar refractivity (Wildman–Crippen MR) is 86.9 cm³/mol. The lowest BCUT2D eigenvalue weighted by Crippen LogP contribution is -2.48. The first kappa shape index (κ1) is 15.6.